The van der Waals surface area contributed by atoms with Gasteiger partial charge in [0.2, 0.25) is 0 Å². The molecule has 0 spiro atoms. The van der Waals surface area contributed by atoms with Gasteiger partial charge in [0.05, 0.1) is 0 Å². The molecule has 1 atom stereocenters. The second kappa shape index (κ2) is 12.4. The largest absolute Gasteiger partial charge is 0.319 e. The standard InChI is InChI=1S/C8H19N.C2H4.H2/c1-4-6-8(5-2)7-9-3;1-2;/h8-9H,4-7H2,1-3H3;1-2H2;1H. The van der Waals surface area contributed by atoms with Crippen LogP contribution < -0.4 is 5.32 Å². The van der Waals surface area contributed by atoms with Gasteiger partial charge in [0, 0.05) is 1.43 Å². The fourth-order valence-electron chi connectivity index (χ4n) is 1.15. The molecule has 0 aliphatic heterocycles. The van der Waals surface area contributed by atoms with E-state index in [9.17, 15) is 0 Å². The molecule has 11 heavy (non-hydrogen) atoms. The predicted octanol–water partition coefficient (Wildman–Crippen LogP) is 3.08. The molecule has 0 aromatic carbocycles. The maximum absolute atomic E-state index is 3.20. The average Bonchev–Trinajstić information content (AvgIpc) is 2.08. The van der Waals surface area contributed by atoms with Gasteiger partial charge in [-0.25, -0.2) is 0 Å². The molecule has 0 rings (SSSR count). The zero-order valence-corrected chi connectivity index (χ0v) is 8.32. The van der Waals surface area contributed by atoms with E-state index < -0.39 is 0 Å². The molecule has 0 fully saturated rings. The Kier molecular flexibility index (Phi) is 15.0. The van der Waals surface area contributed by atoms with Gasteiger partial charge in [-0.15, -0.1) is 13.2 Å². The van der Waals surface area contributed by atoms with Gasteiger partial charge >= 0.3 is 0 Å². The van der Waals surface area contributed by atoms with Crippen LogP contribution >= 0.6 is 0 Å². The number of rotatable bonds is 5. The lowest BCUT2D eigenvalue weighted by Gasteiger charge is -2.11. The van der Waals surface area contributed by atoms with Gasteiger partial charge in [0.25, 0.3) is 0 Å². The van der Waals surface area contributed by atoms with Crippen molar-refractivity contribution >= 4 is 0 Å². The third kappa shape index (κ3) is 9.70. The predicted molar refractivity (Wildman–Crippen MR) is 56.0 cm³/mol. The van der Waals surface area contributed by atoms with Crippen molar-refractivity contribution in [3.05, 3.63) is 13.2 Å². The molecular weight excluding hydrogens is 134 g/mol. The summed E-state index contributed by atoms with van der Waals surface area (Å²) in [6.45, 7) is 11.7. The summed E-state index contributed by atoms with van der Waals surface area (Å²) in [5.41, 5.74) is 0. The molecule has 0 amide bonds. The molecule has 0 aliphatic carbocycles. The second-order valence-corrected chi connectivity index (χ2v) is 2.62. The molecule has 0 radical (unpaired) electrons. The van der Waals surface area contributed by atoms with Gasteiger partial charge in [-0.3, -0.25) is 0 Å². The fourth-order valence-corrected chi connectivity index (χ4v) is 1.15. The van der Waals surface area contributed by atoms with Crippen LogP contribution in [0.5, 0.6) is 0 Å². The second-order valence-electron chi connectivity index (χ2n) is 2.62. The van der Waals surface area contributed by atoms with E-state index >= 15 is 0 Å². The van der Waals surface area contributed by atoms with Crippen molar-refractivity contribution < 1.29 is 1.43 Å². The summed E-state index contributed by atoms with van der Waals surface area (Å²) in [5, 5.41) is 3.20. The first-order valence-electron chi connectivity index (χ1n) is 4.49. The lowest BCUT2D eigenvalue weighted by molar-refractivity contribution is 0.445. The molecule has 0 heterocycles. The molecule has 0 saturated heterocycles. The molecule has 0 bridgehead atoms. The smallest absolute Gasteiger partial charge is 0 e. The highest BCUT2D eigenvalue weighted by atomic mass is 14.8. The van der Waals surface area contributed by atoms with Gasteiger partial charge in [-0.05, 0) is 25.9 Å². The van der Waals surface area contributed by atoms with Crippen molar-refractivity contribution in [2.24, 2.45) is 5.92 Å². The highest BCUT2D eigenvalue weighted by molar-refractivity contribution is 4.57. The minimum absolute atomic E-state index is 0. The van der Waals surface area contributed by atoms with Crippen LogP contribution in [0.4, 0.5) is 0 Å². The topological polar surface area (TPSA) is 12.0 Å². The number of hydrogen-bond donors (Lipinski definition) is 1. The van der Waals surface area contributed by atoms with Crippen LogP contribution in [0.2, 0.25) is 0 Å². The van der Waals surface area contributed by atoms with Crippen LogP contribution in [0.3, 0.4) is 0 Å². The van der Waals surface area contributed by atoms with E-state index in [-0.39, 0.29) is 1.43 Å². The summed E-state index contributed by atoms with van der Waals surface area (Å²) in [6.07, 6.45) is 4.01. The van der Waals surface area contributed by atoms with Crippen LogP contribution in [-0.4, -0.2) is 13.6 Å². The zero-order chi connectivity index (χ0) is 9.11. The maximum Gasteiger partial charge on any atom is 0 e. The van der Waals surface area contributed by atoms with Gasteiger partial charge in [-0.2, -0.15) is 0 Å². The minimum Gasteiger partial charge on any atom is -0.319 e. The van der Waals surface area contributed by atoms with Crippen LogP contribution in [0.15, 0.2) is 13.2 Å². The van der Waals surface area contributed by atoms with E-state index in [0.29, 0.717) is 0 Å². The summed E-state index contributed by atoms with van der Waals surface area (Å²) >= 11 is 0. The van der Waals surface area contributed by atoms with Crippen molar-refractivity contribution in [1.82, 2.24) is 5.32 Å². The fraction of sp³-hybridized carbons (Fsp3) is 0.800. The van der Waals surface area contributed by atoms with Crippen LogP contribution in [0, 0.1) is 5.92 Å². The van der Waals surface area contributed by atoms with Gasteiger partial charge < -0.3 is 5.32 Å². The van der Waals surface area contributed by atoms with Crippen molar-refractivity contribution in [2.75, 3.05) is 13.6 Å². The van der Waals surface area contributed by atoms with E-state index in [0.717, 1.165) is 5.92 Å². The Morgan fingerprint density at radius 2 is 1.91 bits per heavy atom. The molecule has 0 aromatic heterocycles. The molecule has 1 heteroatoms. The number of nitrogens with one attached hydrogen (secondary N) is 1. The summed E-state index contributed by atoms with van der Waals surface area (Å²) in [7, 11) is 2.03. The molecule has 0 aliphatic rings. The van der Waals surface area contributed by atoms with Crippen LogP contribution in [0.25, 0.3) is 0 Å². The SMILES string of the molecule is C=C.CCCC(CC)CNC.[HH]. The molecule has 1 unspecified atom stereocenters. The van der Waals surface area contributed by atoms with Crippen molar-refractivity contribution in [3.8, 4) is 0 Å². The molecule has 70 valence electrons. The molecule has 1 nitrogen and oxygen atoms in total. The average molecular weight is 159 g/mol. The Labute approximate surface area is 73.4 Å². The first-order valence-corrected chi connectivity index (χ1v) is 4.49. The number of hydrogen-bond acceptors (Lipinski definition) is 1. The Morgan fingerprint density at radius 1 is 1.36 bits per heavy atom. The van der Waals surface area contributed by atoms with Gasteiger partial charge in [-0.1, -0.05) is 26.7 Å². The Balaban J connectivity index is -0.000000249. The quantitative estimate of drug-likeness (QED) is 0.608. The molecule has 1 N–H and O–H groups in total. The highest BCUT2D eigenvalue weighted by Gasteiger charge is 2.01. The zero-order valence-electron chi connectivity index (χ0n) is 8.32. The summed E-state index contributed by atoms with van der Waals surface area (Å²) in [6, 6.07) is 0. The van der Waals surface area contributed by atoms with E-state index in [2.05, 4.69) is 32.3 Å². The van der Waals surface area contributed by atoms with E-state index in [4.69, 9.17) is 0 Å². The van der Waals surface area contributed by atoms with Gasteiger partial charge in [0.1, 0.15) is 0 Å². The van der Waals surface area contributed by atoms with Gasteiger partial charge in [0.15, 0.2) is 0 Å². The normalized spacial score (nSPS) is 11.5. The lowest BCUT2D eigenvalue weighted by atomic mass is 10.0. The summed E-state index contributed by atoms with van der Waals surface area (Å²) < 4.78 is 0. The Bertz CT molecular complexity index is 60.9. The van der Waals surface area contributed by atoms with Crippen LogP contribution in [-0.2, 0) is 0 Å². The van der Waals surface area contributed by atoms with Crippen molar-refractivity contribution in [1.29, 1.82) is 0 Å². The van der Waals surface area contributed by atoms with E-state index in [1.807, 2.05) is 7.05 Å². The highest BCUT2D eigenvalue weighted by Crippen LogP contribution is 2.08. The van der Waals surface area contributed by atoms with E-state index in [1.54, 1.807) is 0 Å². The molecular formula is C10H25N. The third-order valence-electron chi connectivity index (χ3n) is 1.77. The monoisotopic (exact) mass is 159 g/mol. The van der Waals surface area contributed by atoms with E-state index in [1.165, 1.54) is 25.8 Å². The first kappa shape index (κ1) is 13.3. The minimum atomic E-state index is 0. The summed E-state index contributed by atoms with van der Waals surface area (Å²) in [4.78, 5) is 0. The molecule has 0 saturated carbocycles. The Morgan fingerprint density at radius 3 is 2.18 bits per heavy atom. The third-order valence-corrected chi connectivity index (χ3v) is 1.77. The van der Waals surface area contributed by atoms with Crippen molar-refractivity contribution in [3.63, 3.8) is 0 Å². The van der Waals surface area contributed by atoms with Crippen molar-refractivity contribution in [2.45, 2.75) is 33.1 Å². The summed E-state index contributed by atoms with van der Waals surface area (Å²) in [5.74, 6) is 0.903. The first-order chi connectivity index (χ1) is 5.35. The van der Waals surface area contributed by atoms with Crippen LogP contribution in [0.1, 0.15) is 34.5 Å². The maximum atomic E-state index is 3.20. The molecule has 0 aromatic rings. The Hall–Kier alpha value is -0.300. The lowest BCUT2D eigenvalue weighted by Crippen LogP contribution is -2.17.